The minimum absolute atomic E-state index is 0.0273. The summed E-state index contributed by atoms with van der Waals surface area (Å²) in [5.41, 5.74) is 0.0273. The van der Waals surface area contributed by atoms with E-state index in [1.54, 1.807) is 24.3 Å². The van der Waals surface area contributed by atoms with E-state index in [1.165, 1.54) is 0 Å². The molecule has 2 atom stereocenters. The van der Waals surface area contributed by atoms with Gasteiger partial charge in [0.25, 0.3) is 0 Å². The van der Waals surface area contributed by atoms with Gasteiger partial charge in [0.1, 0.15) is 18.5 Å². The van der Waals surface area contributed by atoms with Crippen molar-refractivity contribution >= 4 is 11.6 Å². The zero-order valence-corrected chi connectivity index (χ0v) is 13.7. The monoisotopic (exact) mass is 315 g/mol. The lowest BCUT2D eigenvalue weighted by atomic mass is 9.85. The lowest BCUT2D eigenvalue weighted by Gasteiger charge is -2.32. The third-order valence-corrected chi connectivity index (χ3v) is 3.57. The molecular weight excluding hydrogens is 290 g/mol. The highest BCUT2D eigenvalue weighted by molar-refractivity contribution is 6.30. The third-order valence-electron chi connectivity index (χ3n) is 3.32. The fourth-order valence-corrected chi connectivity index (χ4v) is 2.16. The number of hydrogen-bond donors (Lipinski definition) is 3. The van der Waals surface area contributed by atoms with E-state index in [9.17, 15) is 5.11 Å². The smallest absolute Gasteiger partial charge is 0.119 e. The van der Waals surface area contributed by atoms with Crippen LogP contribution in [0.4, 0.5) is 0 Å². The number of rotatable bonds is 8. The predicted molar refractivity (Wildman–Crippen MR) is 85.9 cm³/mol. The molecule has 0 spiro atoms. The van der Waals surface area contributed by atoms with Crippen molar-refractivity contribution in [1.29, 1.82) is 0 Å². The number of hydrogen-bond acceptors (Lipinski definition) is 4. The summed E-state index contributed by atoms with van der Waals surface area (Å²) < 4.78 is 5.50. The molecular formula is C16H26ClNO3. The summed E-state index contributed by atoms with van der Waals surface area (Å²) in [4.78, 5) is 0. The predicted octanol–water partition coefficient (Wildman–Crippen LogP) is 2.47. The average Bonchev–Trinajstić information content (AvgIpc) is 2.41. The van der Waals surface area contributed by atoms with Crippen LogP contribution in [-0.2, 0) is 0 Å². The van der Waals surface area contributed by atoms with Crippen molar-refractivity contribution in [2.75, 3.05) is 19.8 Å². The van der Waals surface area contributed by atoms with Crippen LogP contribution in [0.5, 0.6) is 5.75 Å². The Morgan fingerprint density at radius 1 is 1.24 bits per heavy atom. The molecule has 2 unspecified atom stereocenters. The number of aliphatic hydroxyl groups excluding tert-OH is 2. The molecule has 0 aliphatic heterocycles. The van der Waals surface area contributed by atoms with Crippen molar-refractivity contribution in [3.8, 4) is 5.75 Å². The number of halogens is 1. The van der Waals surface area contributed by atoms with Crippen molar-refractivity contribution in [3.05, 3.63) is 29.3 Å². The number of ether oxygens (including phenoxy) is 1. The van der Waals surface area contributed by atoms with Crippen LogP contribution in [0.15, 0.2) is 24.3 Å². The molecule has 0 aliphatic rings. The molecule has 0 fully saturated rings. The minimum Gasteiger partial charge on any atom is -0.491 e. The highest BCUT2D eigenvalue weighted by Gasteiger charge is 2.24. The molecule has 0 bridgehead atoms. The average molecular weight is 316 g/mol. The molecule has 1 aromatic carbocycles. The lowest BCUT2D eigenvalue weighted by Crippen LogP contribution is -2.45. The maximum atomic E-state index is 9.97. The molecule has 0 saturated heterocycles. The molecule has 0 radical (unpaired) electrons. The summed E-state index contributed by atoms with van der Waals surface area (Å²) in [5.74, 6) is 0.682. The van der Waals surface area contributed by atoms with E-state index in [0.717, 1.165) is 0 Å². The Balaban J connectivity index is 2.35. The number of aliphatic hydroxyl groups is 2. The number of nitrogens with one attached hydrogen (secondary N) is 1. The molecule has 0 saturated carbocycles. The largest absolute Gasteiger partial charge is 0.491 e. The van der Waals surface area contributed by atoms with Gasteiger partial charge in [0.15, 0.2) is 0 Å². The highest BCUT2D eigenvalue weighted by atomic mass is 35.5. The Hall–Kier alpha value is -0.810. The minimum atomic E-state index is -0.607. The van der Waals surface area contributed by atoms with Crippen LogP contribution in [0.1, 0.15) is 27.2 Å². The van der Waals surface area contributed by atoms with Crippen LogP contribution in [0.2, 0.25) is 5.02 Å². The summed E-state index contributed by atoms with van der Waals surface area (Å²) in [6.45, 7) is 7.09. The van der Waals surface area contributed by atoms with Gasteiger partial charge in [-0.1, -0.05) is 32.4 Å². The molecule has 4 nitrogen and oxygen atoms in total. The van der Waals surface area contributed by atoms with Crippen LogP contribution in [0, 0.1) is 5.41 Å². The van der Waals surface area contributed by atoms with Gasteiger partial charge < -0.3 is 20.3 Å². The van der Waals surface area contributed by atoms with E-state index in [-0.39, 0.29) is 24.7 Å². The summed E-state index contributed by atoms with van der Waals surface area (Å²) >= 11 is 5.80. The zero-order valence-electron chi connectivity index (χ0n) is 13.0. The quantitative estimate of drug-likeness (QED) is 0.689. The summed E-state index contributed by atoms with van der Waals surface area (Å²) in [5, 5.41) is 23.0. The van der Waals surface area contributed by atoms with Gasteiger partial charge in [-0.05, 0) is 36.1 Å². The van der Waals surface area contributed by atoms with Crippen LogP contribution < -0.4 is 10.1 Å². The van der Waals surface area contributed by atoms with Crippen molar-refractivity contribution < 1.29 is 14.9 Å². The van der Waals surface area contributed by atoms with Gasteiger partial charge in [-0.3, -0.25) is 0 Å². The maximum Gasteiger partial charge on any atom is 0.119 e. The Morgan fingerprint density at radius 3 is 2.38 bits per heavy atom. The maximum absolute atomic E-state index is 9.97. The van der Waals surface area contributed by atoms with Gasteiger partial charge >= 0.3 is 0 Å². The summed E-state index contributed by atoms with van der Waals surface area (Å²) in [6, 6.07) is 7.18. The van der Waals surface area contributed by atoms with Crippen LogP contribution >= 0.6 is 11.6 Å². The van der Waals surface area contributed by atoms with E-state index >= 15 is 0 Å². The van der Waals surface area contributed by atoms with Crippen molar-refractivity contribution in [2.45, 2.75) is 39.3 Å². The molecule has 0 amide bonds. The molecule has 0 aromatic heterocycles. The highest BCUT2D eigenvalue weighted by Crippen LogP contribution is 2.21. The van der Waals surface area contributed by atoms with Gasteiger partial charge in [0, 0.05) is 24.2 Å². The van der Waals surface area contributed by atoms with E-state index in [1.807, 2.05) is 0 Å². The molecule has 120 valence electrons. The second-order valence-corrected chi connectivity index (χ2v) is 6.69. The first kappa shape index (κ1) is 18.2. The van der Waals surface area contributed by atoms with E-state index in [2.05, 4.69) is 26.1 Å². The molecule has 3 N–H and O–H groups in total. The number of benzene rings is 1. The first-order chi connectivity index (χ1) is 9.82. The van der Waals surface area contributed by atoms with Crippen LogP contribution in [-0.4, -0.2) is 42.1 Å². The first-order valence-corrected chi connectivity index (χ1v) is 7.61. The van der Waals surface area contributed by atoms with Crippen LogP contribution in [0.25, 0.3) is 0 Å². The van der Waals surface area contributed by atoms with Crippen molar-refractivity contribution in [3.63, 3.8) is 0 Å². The standard InChI is InChI=1S/C16H26ClNO3/c1-16(2,3)15(8-9-19)18-10-13(20)11-21-14-6-4-12(17)5-7-14/h4-7,13,15,18-20H,8-11H2,1-3H3. The van der Waals surface area contributed by atoms with Crippen LogP contribution in [0.3, 0.4) is 0 Å². The van der Waals surface area contributed by atoms with Crippen molar-refractivity contribution in [2.24, 2.45) is 5.41 Å². The molecule has 1 aromatic rings. The van der Waals surface area contributed by atoms with Gasteiger partial charge in [-0.2, -0.15) is 0 Å². The third kappa shape index (κ3) is 7.14. The fourth-order valence-electron chi connectivity index (χ4n) is 2.03. The molecule has 1 rings (SSSR count). The molecule has 21 heavy (non-hydrogen) atoms. The lowest BCUT2D eigenvalue weighted by molar-refractivity contribution is 0.0936. The van der Waals surface area contributed by atoms with Crippen molar-refractivity contribution in [1.82, 2.24) is 5.32 Å². The van der Waals surface area contributed by atoms with Gasteiger partial charge in [0.05, 0.1) is 0 Å². The second kappa shape index (κ2) is 8.59. The Labute approximate surface area is 132 Å². The van der Waals surface area contributed by atoms with E-state index in [4.69, 9.17) is 21.4 Å². The summed E-state index contributed by atoms with van der Waals surface area (Å²) in [7, 11) is 0. The SMILES string of the molecule is CC(C)(C)C(CCO)NCC(O)COc1ccc(Cl)cc1. The topological polar surface area (TPSA) is 61.7 Å². The first-order valence-electron chi connectivity index (χ1n) is 7.23. The normalized spacial score (nSPS) is 14.8. The fraction of sp³-hybridized carbons (Fsp3) is 0.625. The Bertz CT molecular complexity index is 403. The van der Waals surface area contributed by atoms with Gasteiger partial charge in [-0.15, -0.1) is 0 Å². The molecule has 0 aliphatic carbocycles. The summed E-state index contributed by atoms with van der Waals surface area (Å²) in [6.07, 6.45) is 0.0538. The Kier molecular flexibility index (Phi) is 7.46. The van der Waals surface area contributed by atoms with E-state index < -0.39 is 6.10 Å². The molecule has 5 heteroatoms. The Morgan fingerprint density at radius 2 is 1.86 bits per heavy atom. The van der Waals surface area contributed by atoms with Gasteiger partial charge in [-0.25, -0.2) is 0 Å². The van der Waals surface area contributed by atoms with E-state index in [0.29, 0.717) is 23.7 Å². The van der Waals surface area contributed by atoms with Gasteiger partial charge in [0.2, 0.25) is 0 Å². The second-order valence-electron chi connectivity index (χ2n) is 6.26. The zero-order chi connectivity index (χ0) is 15.9. The molecule has 0 heterocycles.